The van der Waals surface area contributed by atoms with Crippen LogP contribution in [0.4, 0.5) is 4.79 Å². The number of hydrogen-bond acceptors (Lipinski definition) is 5. The van der Waals surface area contributed by atoms with E-state index >= 15 is 0 Å². The van der Waals surface area contributed by atoms with Crippen LogP contribution in [0.3, 0.4) is 0 Å². The fourth-order valence-corrected chi connectivity index (χ4v) is 2.02. The van der Waals surface area contributed by atoms with Gasteiger partial charge >= 0.3 is 12.1 Å². The molecule has 1 aromatic rings. The number of alkyl carbamates (subject to hydrolysis) is 1. The summed E-state index contributed by atoms with van der Waals surface area (Å²) in [5.41, 5.74) is 0.330. The number of rotatable bonds is 9. The molecule has 0 saturated carbocycles. The molecule has 3 N–H and O–H groups in total. The molecule has 1 rings (SSSR count). The summed E-state index contributed by atoms with van der Waals surface area (Å²) in [6.07, 6.45) is -0.267. The lowest BCUT2D eigenvalue weighted by Crippen LogP contribution is -2.39. The molecule has 0 saturated heterocycles. The van der Waals surface area contributed by atoms with Gasteiger partial charge in [0.05, 0.1) is 6.61 Å². The van der Waals surface area contributed by atoms with Crippen LogP contribution in [0, 0.1) is 0 Å². The molecule has 0 heterocycles. The van der Waals surface area contributed by atoms with Crippen molar-refractivity contribution in [2.45, 2.75) is 58.3 Å². The first-order valence-electron chi connectivity index (χ1n) is 8.27. The second-order valence-corrected chi connectivity index (χ2v) is 6.69. The minimum Gasteiger partial charge on any atom is -0.494 e. The Morgan fingerprint density at radius 2 is 2.00 bits per heavy atom. The van der Waals surface area contributed by atoms with Gasteiger partial charge in [0.2, 0.25) is 0 Å². The van der Waals surface area contributed by atoms with Gasteiger partial charge in [-0.3, -0.25) is 10.1 Å². The van der Waals surface area contributed by atoms with Crippen molar-refractivity contribution in [3.05, 3.63) is 29.8 Å². The average molecular weight is 353 g/mol. The van der Waals surface area contributed by atoms with E-state index in [0.29, 0.717) is 31.6 Å². The number of carboxylic acid groups (broad SMARTS) is 1. The molecule has 0 aliphatic carbocycles. The lowest BCUT2D eigenvalue weighted by atomic mass is 10.1. The third-order valence-corrected chi connectivity index (χ3v) is 3.09. The van der Waals surface area contributed by atoms with Crippen LogP contribution in [0.15, 0.2) is 24.3 Å². The van der Waals surface area contributed by atoms with Crippen molar-refractivity contribution in [3.63, 3.8) is 0 Å². The Bertz CT molecular complexity index is 567. The fourth-order valence-electron chi connectivity index (χ4n) is 2.02. The zero-order chi connectivity index (χ0) is 18.9. The number of hydrogen-bond donors (Lipinski definition) is 3. The number of carbonyl (C=O) groups excluding carboxylic acids is 1. The Labute approximate surface area is 147 Å². The number of aryl methyl sites for hydroxylation is 1. The first-order chi connectivity index (χ1) is 11.7. The molecule has 0 aromatic heterocycles. The summed E-state index contributed by atoms with van der Waals surface area (Å²) >= 11 is 0. The monoisotopic (exact) mass is 353 g/mol. The van der Waals surface area contributed by atoms with E-state index in [9.17, 15) is 14.7 Å². The molecule has 1 atom stereocenters. The molecule has 0 spiro atoms. The summed E-state index contributed by atoms with van der Waals surface area (Å²) < 4.78 is 10.6. The van der Waals surface area contributed by atoms with E-state index in [0.717, 1.165) is 5.56 Å². The summed E-state index contributed by atoms with van der Waals surface area (Å²) in [4.78, 5) is 22.0. The molecule has 0 bridgehead atoms. The predicted octanol–water partition coefficient (Wildman–Crippen LogP) is 2.71. The summed E-state index contributed by atoms with van der Waals surface area (Å²) in [6, 6.07) is 7.35. The number of benzene rings is 1. The molecule has 0 aliphatic rings. The summed E-state index contributed by atoms with van der Waals surface area (Å²) in [6.45, 7) is 5.58. The number of aliphatic hydroxyl groups is 1. The number of nitrogens with one attached hydrogen (secondary N) is 1. The van der Waals surface area contributed by atoms with Gasteiger partial charge in [0.25, 0.3) is 0 Å². The largest absolute Gasteiger partial charge is 0.494 e. The standard InChI is InChI=1S/C18H27NO6/c1-18(2,3)25-17(23)19-15(20)10-9-13-6-4-7-14(12-13)24-11-5-8-16(21)22/h4,6-7,12,15,20H,5,8-11H2,1-3H3,(H,19,23)(H,21,22). The van der Waals surface area contributed by atoms with Crippen LogP contribution in [0.1, 0.15) is 45.6 Å². The third-order valence-electron chi connectivity index (χ3n) is 3.09. The normalized spacial score (nSPS) is 12.3. The minimum atomic E-state index is -1.00. The highest BCUT2D eigenvalue weighted by molar-refractivity contribution is 5.67. The Balaban J connectivity index is 2.37. The average Bonchev–Trinajstić information content (AvgIpc) is 2.48. The van der Waals surface area contributed by atoms with Gasteiger partial charge < -0.3 is 19.7 Å². The molecule has 0 aliphatic heterocycles. The molecule has 7 nitrogen and oxygen atoms in total. The zero-order valence-corrected chi connectivity index (χ0v) is 14.9. The number of ether oxygens (including phenoxy) is 2. The highest BCUT2D eigenvalue weighted by atomic mass is 16.6. The highest BCUT2D eigenvalue weighted by Gasteiger charge is 2.18. The van der Waals surface area contributed by atoms with Gasteiger partial charge in [-0.15, -0.1) is 0 Å². The number of aliphatic hydroxyl groups excluding tert-OH is 1. The van der Waals surface area contributed by atoms with Gasteiger partial charge in [-0.05, 0) is 57.7 Å². The van der Waals surface area contributed by atoms with Gasteiger partial charge in [-0.1, -0.05) is 12.1 Å². The maximum Gasteiger partial charge on any atom is 0.409 e. The second-order valence-electron chi connectivity index (χ2n) is 6.69. The summed E-state index contributed by atoms with van der Waals surface area (Å²) in [5.74, 6) is -0.193. The predicted molar refractivity (Wildman–Crippen MR) is 92.5 cm³/mol. The maximum atomic E-state index is 11.6. The topological polar surface area (TPSA) is 105 Å². The zero-order valence-electron chi connectivity index (χ0n) is 14.9. The van der Waals surface area contributed by atoms with Crippen LogP contribution < -0.4 is 10.1 Å². The molecular formula is C18H27NO6. The Hall–Kier alpha value is -2.28. The van der Waals surface area contributed by atoms with Crippen LogP contribution in [-0.4, -0.2) is 40.7 Å². The van der Waals surface area contributed by atoms with Crippen molar-refractivity contribution in [3.8, 4) is 5.75 Å². The van der Waals surface area contributed by atoms with Crippen LogP contribution in [0.25, 0.3) is 0 Å². The molecule has 1 aromatic carbocycles. The Morgan fingerprint density at radius 1 is 1.28 bits per heavy atom. The first kappa shape index (κ1) is 20.8. The van der Waals surface area contributed by atoms with Gasteiger partial charge in [0.15, 0.2) is 0 Å². The molecule has 140 valence electrons. The Morgan fingerprint density at radius 3 is 2.64 bits per heavy atom. The summed E-state index contributed by atoms with van der Waals surface area (Å²) in [5, 5.41) is 20.8. The molecule has 25 heavy (non-hydrogen) atoms. The quantitative estimate of drug-likeness (QED) is 0.466. The van der Waals surface area contributed by atoms with Gasteiger partial charge in [-0.25, -0.2) is 4.79 Å². The SMILES string of the molecule is CC(C)(C)OC(=O)NC(O)CCc1cccc(OCCCC(=O)O)c1. The number of carboxylic acids is 1. The van der Waals surface area contributed by atoms with Crippen molar-refractivity contribution < 1.29 is 29.3 Å². The van der Waals surface area contributed by atoms with Gasteiger partial charge in [0.1, 0.15) is 17.6 Å². The highest BCUT2D eigenvalue weighted by Crippen LogP contribution is 2.16. The maximum absolute atomic E-state index is 11.6. The first-order valence-corrected chi connectivity index (χ1v) is 8.27. The molecule has 0 radical (unpaired) electrons. The van der Waals surface area contributed by atoms with Crippen molar-refractivity contribution in [1.82, 2.24) is 5.32 Å². The van der Waals surface area contributed by atoms with Crippen molar-refractivity contribution in [2.75, 3.05) is 6.61 Å². The third kappa shape index (κ3) is 10.2. The molecule has 1 amide bonds. The van der Waals surface area contributed by atoms with E-state index in [-0.39, 0.29) is 6.42 Å². The van der Waals surface area contributed by atoms with Crippen LogP contribution >= 0.6 is 0 Å². The summed E-state index contributed by atoms with van der Waals surface area (Å²) in [7, 11) is 0. The minimum absolute atomic E-state index is 0.0716. The van der Waals surface area contributed by atoms with Gasteiger partial charge in [0, 0.05) is 6.42 Å². The van der Waals surface area contributed by atoms with E-state index in [1.54, 1.807) is 26.8 Å². The van der Waals surface area contributed by atoms with Crippen LogP contribution in [0.5, 0.6) is 5.75 Å². The Kier molecular flexibility index (Phi) is 8.21. The van der Waals surface area contributed by atoms with E-state index in [1.807, 2.05) is 18.2 Å². The number of amides is 1. The van der Waals surface area contributed by atoms with Crippen molar-refractivity contribution in [1.29, 1.82) is 0 Å². The van der Waals surface area contributed by atoms with Crippen LogP contribution in [0.2, 0.25) is 0 Å². The molecular weight excluding hydrogens is 326 g/mol. The van der Waals surface area contributed by atoms with E-state index in [4.69, 9.17) is 14.6 Å². The van der Waals surface area contributed by atoms with Crippen LogP contribution in [-0.2, 0) is 16.0 Å². The van der Waals surface area contributed by atoms with E-state index in [1.165, 1.54) is 0 Å². The lowest BCUT2D eigenvalue weighted by molar-refractivity contribution is -0.137. The lowest BCUT2D eigenvalue weighted by Gasteiger charge is -2.21. The van der Waals surface area contributed by atoms with Crippen molar-refractivity contribution in [2.24, 2.45) is 0 Å². The molecule has 7 heteroatoms. The van der Waals surface area contributed by atoms with Crippen molar-refractivity contribution >= 4 is 12.1 Å². The molecule has 0 fully saturated rings. The van der Waals surface area contributed by atoms with E-state index in [2.05, 4.69) is 5.32 Å². The fraction of sp³-hybridized carbons (Fsp3) is 0.556. The van der Waals surface area contributed by atoms with E-state index < -0.39 is 23.9 Å². The smallest absolute Gasteiger partial charge is 0.409 e. The molecule has 1 unspecified atom stereocenters. The number of carbonyl (C=O) groups is 2. The second kappa shape index (κ2) is 9.88. The van der Waals surface area contributed by atoms with Gasteiger partial charge in [-0.2, -0.15) is 0 Å². The number of aliphatic carboxylic acids is 1.